The highest BCUT2D eigenvalue weighted by molar-refractivity contribution is 8.00. The summed E-state index contributed by atoms with van der Waals surface area (Å²) in [6.07, 6.45) is -5.23. The molecule has 0 bridgehead atoms. The Kier molecular flexibility index (Phi) is 4.72. The Hall–Kier alpha value is -0.680. The normalized spacial score (nSPS) is 14.6. The molecule has 0 aliphatic carbocycles. The van der Waals surface area contributed by atoms with E-state index in [-0.39, 0.29) is 4.75 Å². The van der Waals surface area contributed by atoms with E-state index in [0.717, 1.165) is 4.90 Å². The first-order valence-electron chi connectivity index (χ1n) is 5.69. The molecule has 0 amide bonds. The van der Waals surface area contributed by atoms with Crippen LogP contribution in [0.3, 0.4) is 0 Å². The van der Waals surface area contributed by atoms with Crippen molar-refractivity contribution in [3.63, 3.8) is 0 Å². The first kappa shape index (κ1) is 15.4. The molecule has 2 N–H and O–H groups in total. The van der Waals surface area contributed by atoms with E-state index in [9.17, 15) is 13.2 Å². The fourth-order valence-corrected chi connectivity index (χ4v) is 2.71. The topological polar surface area (TPSA) is 26.0 Å². The molecule has 0 spiro atoms. The zero-order valence-electron chi connectivity index (χ0n) is 10.7. The average molecular weight is 277 g/mol. The van der Waals surface area contributed by atoms with Crippen LogP contribution in [0.5, 0.6) is 0 Å². The SMILES string of the molecule is CC(C)(C)Sc1ccccc1[C@H](N)CC(F)(F)F. The molecule has 0 aliphatic rings. The Bertz CT molecular complexity index is 396. The number of hydrogen-bond donors (Lipinski definition) is 1. The second kappa shape index (κ2) is 5.53. The van der Waals surface area contributed by atoms with Crippen molar-refractivity contribution in [3.8, 4) is 0 Å². The number of halogens is 3. The summed E-state index contributed by atoms with van der Waals surface area (Å²) < 4.78 is 37.1. The molecule has 0 fully saturated rings. The van der Waals surface area contributed by atoms with Crippen LogP contribution in [0.2, 0.25) is 0 Å². The Labute approximate surface area is 110 Å². The summed E-state index contributed by atoms with van der Waals surface area (Å²) in [5.41, 5.74) is 6.23. The van der Waals surface area contributed by atoms with E-state index in [1.54, 1.807) is 12.1 Å². The summed E-state index contributed by atoms with van der Waals surface area (Å²) in [5.74, 6) is 0. The maximum atomic E-state index is 12.4. The molecule has 5 heteroatoms. The van der Waals surface area contributed by atoms with E-state index in [2.05, 4.69) is 0 Å². The van der Waals surface area contributed by atoms with Crippen LogP contribution in [0.15, 0.2) is 29.2 Å². The van der Waals surface area contributed by atoms with Crippen molar-refractivity contribution in [1.29, 1.82) is 0 Å². The van der Waals surface area contributed by atoms with Gasteiger partial charge in [-0.1, -0.05) is 39.0 Å². The highest BCUT2D eigenvalue weighted by atomic mass is 32.2. The van der Waals surface area contributed by atoms with Crippen LogP contribution in [0, 0.1) is 0 Å². The minimum absolute atomic E-state index is 0.0615. The zero-order chi connectivity index (χ0) is 14.0. The van der Waals surface area contributed by atoms with Gasteiger partial charge in [0.1, 0.15) is 0 Å². The van der Waals surface area contributed by atoms with Gasteiger partial charge >= 0.3 is 6.18 Å². The molecule has 1 rings (SSSR count). The first-order valence-corrected chi connectivity index (χ1v) is 6.50. The summed E-state index contributed by atoms with van der Waals surface area (Å²) >= 11 is 1.53. The number of hydrogen-bond acceptors (Lipinski definition) is 2. The van der Waals surface area contributed by atoms with E-state index < -0.39 is 18.6 Å². The summed E-state index contributed by atoms with van der Waals surface area (Å²) in [7, 11) is 0. The number of alkyl halides is 3. The van der Waals surface area contributed by atoms with Gasteiger partial charge in [0, 0.05) is 15.7 Å². The molecule has 0 heterocycles. The predicted molar refractivity (Wildman–Crippen MR) is 69.7 cm³/mol. The maximum absolute atomic E-state index is 12.4. The van der Waals surface area contributed by atoms with Crippen LogP contribution in [-0.4, -0.2) is 10.9 Å². The van der Waals surface area contributed by atoms with Gasteiger partial charge in [-0.15, -0.1) is 11.8 Å². The highest BCUT2D eigenvalue weighted by Crippen LogP contribution is 2.38. The van der Waals surface area contributed by atoms with Gasteiger partial charge in [0.2, 0.25) is 0 Å². The van der Waals surface area contributed by atoms with Crippen LogP contribution in [0.1, 0.15) is 38.8 Å². The summed E-state index contributed by atoms with van der Waals surface area (Å²) in [6, 6.07) is 6.03. The molecule has 102 valence electrons. The molecular formula is C13H18F3NS. The third kappa shape index (κ3) is 5.31. The molecule has 1 aromatic rings. The van der Waals surface area contributed by atoms with Crippen molar-refractivity contribution in [2.45, 2.75) is 49.1 Å². The van der Waals surface area contributed by atoms with Gasteiger partial charge in [-0.3, -0.25) is 0 Å². The molecule has 0 unspecified atom stereocenters. The number of benzene rings is 1. The van der Waals surface area contributed by atoms with Crippen LogP contribution >= 0.6 is 11.8 Å². The molecular weight excluding hydrogens is 259 g/mol. The fourth-order valence-electron chi connectivity index (χ4n) is 1.57. The maximum Gasteiger partial charge on any atom is 0.390 e. The van der Waals surface area contributed by atoms with E-state index in [0.29, 0.717) is 5.56 Å². The van der Waals surface area contributed by atoms with Crippen molar-refractivity contribution in [2.75, 3.05) is 0 Å². The molecule has 0 saturated carbocycles. The quantitative estimate of drug-likeness (QED) is 0.821. The van der Waals surface area contributed by atoms with Gasteiger partial charge in [0.05, 0.1) is 6.42 Å². The monoisotopic (exact) mass is 277 g/mol. The molecule has 0 saturated heterocycles. The van der Waals surface area contributed by atoms with Crippen molar-refractivity contribution in [3.05, 3.63) is 29.8 Å². The largest absolute Gasteiger partial charge is 0.390 e. The third-order valence-corrected chi connectivity index (χ3v) is 3.39. The molecule has 1 nitrogen and oxygen atoms in total. The molecule has 1 aromatic carbocycles. The van der Waals surface area contributed by atoms with Crippen LogP contribution in [-0.2, 0) is 0 Å². The van der Waals surface area contributed by atoms with E-state index in [4.69, 9.17) is 5.73 Å². The molecule has 0 radical (unpaired) electrons. The minimum atomic E-state index is -4.24. The second-order valence-corrected chi connectivity index (χ2v) is 7.05. The van der Waals surface area contributed by atoms with Crippen molar-refractivity contribution >= 4 is 11.8 Å². The van der Waals surface area contributed by atoms with Gasteiger partial charge in [-0.25, -0.2) is 0 Å². The molecule has 18 heavy (non-hydrogen) atoms. The number of nitrogens with two attached hydrogens (primary N) is 1. The van der Waals surface area contributed by atoms with Crippen molar-refractivity contribution in [1.82, 2.24) is 0 Å². The molecule has 0 aromatic heterocycles. The first-order chi connectivity index (χ1) is 8.08. The van der Waals surface area contributed by atoms with E-state index >= 15 is 0 Å². The van der Waals surface area contributed by atoms with E-state index in [1.165, 1.54) is 11.8 Å². The minimum Gasteiger partial charge on any atom is -0.324 e. The molecule has 0 aliphatic heterocycles. The Morgan fingerprint density at radius 1 is 1.17 bits per heavy atom. The van der Waals surface area contributed by atoms with Crippen LogP contribution < -0.4 is 5.73 Å². The lowest BCUT2D eigenvalue weighted by Crippen LogP contribution is -2.21. The second-order valence-electron chi connectivity index (χ2n) is 5.18. The Morgan fingerprint density at radius 2 is 1.72 bits per heavy atom. The third-order valence-electron chi connectivity index (χ3n) is 2.19. The van der Waals surface area contributed by atoms with Gasteiger partial charge in [-0.05, 0) is 11.6 Å². The predicted octanol–water partition coefficient (Wildman–Crippen LogP) is 4.53. The summed E-state index contributed by atoms with van der Waals surface area (Å²) in [4.78, 5) is 0.821. The summed E-state index contributed by atoms with van der Waals surface area (Å²) in [6.45, 7) is 6.05. The van der Waals surface area contributed by atoms with E-state index in [1.807, 2.05) is 32.9 Å². The van der Waals surface area contributed by atoms with Crippen molar-refractivity contribution in [2.24, 2.45) is 5.73 Å². The molecule has 1 atom stereocenters. The highest BCUT2D eigenvalue weighted by Gasteiger charge is 2.32. The smallest absolute Gasteiger partial charge is 0.324 e. The summed E-state index contributed by atoms with van der Waals surface area (Å²) in [5, 5.41) is 0. The Balaban J connectivity index is 2.95. The lowest BCUT2D eigenvalue weighted by atomic mass is 10.0. The Morgan fingerprint density at radius 3 is 2.22 bits per heavy atom. The fraction of sp³-hybridized carbons (Fsp3) is 0.538. The van der Waals surface area contributed by atoms with Crippen LogP contribution in [0.4, 0.5) is 13.2 Å². The number of thioether (sulfide) groups is 1. The standard InChI is InChI=1S/C13H18F3NS/c1-12(2,3)18-11-7-5-4-6-9(11)10(17)8-13(14,15)16/h4-7,10H,8,17H2,1-3H3/t10-/m1/s1. The van der Waals surface area contributed by atoms with Gasteiger partial charge in [-0.2, -0.15) is 13.2 Å². The van der Waals surface area contributed by atoms with Gasteiger partial charge in [0.15, 0.2) is 0 Å². The number of rotatable bonds is 3. The van der Waals surface area contributed by atoms with Gasteiger partial charge < -0.3 is 5.73 Å². The van der Waals surface area contributed by atoms with Crippen LogP contribution in [0.25, 0.3) is 0 Å². The average Bonchev–Trinajstić information content (AvgIpc) is 2.12. The zero-order valence-corrected chi connectivity index (χ0v) is 11.5. The van der Waals surface area contributed by atoms with Gasteiger partial charge in [0.25, 0.3) is 0 Å². The lowest BCUT2D eigenvalue weighted by molar-refractivity contribution is -0.138. The lowest BCUT2D eigenvalue weighted by Gasteiger charge is -2.22. The van der Waals surface area contributed by atoms with Crippen molar-refractivity contribution < 1.29 is 13.2 Å².